The van der Waals surface area contributed by atoms with E-state index in [4.69, 9.17) is 23.2 Å². The summed E-state index contributed by atoms with van der Waals surface area (Å²) < 4.78 is 93.4. The first kappa shape index (κ1) is 26.2. The molecule has 0 aliphatic carbocycles. The second-order valence-electron chi connectivity index (χ2n) is 8.15. The predicted octanol–water partition coefficient (Wildman–Crippen LogP) is 4.99. The Balaban J connectivity index is 1.46. The average molecular weight is 563 g/mol. The van der Waals surface area contributed by atoms with E-state index in [9.17, 15) is 30.6 Å². The SMILES string of the molecule is O=S(c1ccc(OCC(F)(F)F)cc1Cl)[C@H]1CCN(c2nc(Cl)nc3c2CN(CC(F)(F)F)C3)C1. The van der Waals surface area contributed by atoms with Crippen molar-refractivity contribution >= 4 is 39.8 Å². The number of anilines is 1. The fourth-order valence-electron chi connectivity index (χ4n) is 4.07. The van der Waals surface area contributed by atoms with Gasteiger partial charge in [0.2, 0.25) is 5.28 Å². The smallest absolute Gasteiger partial charge is 0.422 e. The van der Waals surface area contributed by atoms with Crippen molar-refractivity contribution in [1.82, 2.24) is 14.9 Å². The quantitative estimate of drug-likeness (QED) is 0.365. The normalized spacial score (nSPS) is 19.8. The van der Waals surface area contributed by atoms with Gasteiger partial charge in [-0.15, -0.1) is 0 Å². The van der Waals surface area contributed by atoms with E-state index in [-0.39, 0.29) is 40.6 Å². The summed E-state index contributed by atoms with van der Waals surface area (Å²) in [5, 5.41) is -0.476. The number of halogens is 8. The van der Waals surface area contributed by atoms with Gasteiger partial charge in [-0.2, -0.15) is 26.3 Å². The van der Waals surface area contributed by atoms with Crippen molar-refractivity contribution in [2.75, 3.05) is 31.1 Å². The number of aromatic nitrogens is 2. The minimum absolute atomic E-state index is 0.00828. The lowest BCUT2D eigenvalue weighted by Crippen LogP contribution is -2.30. The van der Waals surface area contributed by atoms with Crippen LogP contribution >= 0.6 is 23.2 Å². The van der Waals surface area contributed by atoms with Gasteiger partial charge in [-0.05, 0) is 36.2 Å². The molecule has 0 amide bonds. The summed E-state index contributed by atoms with van der Waals surface area (Å²) >= 11 is 12.2. The monoisotopic (exact) mass is 562 g/mol. The minimum atomic E-state index is -4.50. The number of hydrogen-bond donors (Lipinski definition) is 0. The predicted molar refractivity (Wildman–Crippen MR) is 117 cm³/mol. The fourth-order valence-corrected chi connectivity index (χ4v) is 6.10. The molecule has 3 heterocycles. The third-order valence-corrected chi connectivity index (χ3v) is 7.85. The number of alkyl halides is 6. The third kappa shape index (κ3) is 6.49. The number of fused-ring (bicyclic) bond motifs is 1. The molecule has 2 aliphatic rings. The molecule has 0 radical (unpaired) electrons. The molecular formula is C20H18Cl2F6N4O2S. The van der Waals surface area contributed by atoms with Crippen molar-refractivity contribution in [2.45, 2.75) is 42.0 Å². The van der Waals surface area contributed by atoms with Crippen LogP contribution in [0.1, 0.15) is 17.7 Å². The first-order chi connectivity index (χ1) is 16.3. The molecule has 2 aliphatic heterocycles. The highest BCUT2D eigenvalue weighted by Gasteiger charge is 2.38. The number of benzene rings is 1. The van der Waals surface area contributed by atoms with Gasteiger partial charge in [0, 0.05) is 31.7 Å². The van der Waals surface area contributed by atoms with Gasteiger partial charge in [0.05, 0.1) is 38.2 Å². The number of rotatable bonds is 6. The van der Waals surface area contributed by atoms with E-state index in [0.717, 1.165) is 0 Å². The van der Waals surface area contributed by atoms with E-state index in [0.29, 0.717) is 30.0 Å². The highest BCUT2D eigenvalue weighted by Crippen LogP contribution is 2.36. The van der Waals surface area contributed by atoms with E-state index in [1.165, 1.54) is 23.1 Å². The molecule has 0 saturated carbocycles. The summed E-state index contributed by atoms with van der Waals surface area (Å²) in [6.45, 7) is -1.86. The molecule has 4 rings (SSSR count). The maximum absolute atomic E-state index is 13.2. The highest BCUT2D eigenvalue weighted by atomic mass is 35.5. The summed E-state index contributed by atoms with van der Waals surface area (Å²) in [6, 6.07) is 3.81. The van der Waals surface area contributed by atoms with Crippen molar-refractivity contribution in [1.29, 1.82) is 0 Å². The van der Waals surface area contributed by atoms with Crippen LogP contribution in [0.15, 0.2) is 23.1 Å². The zero-order valence-corrected chi connectivity index (χ0v) is 20.1. The standard InChI is InChI=1S/C20H18Cl2F6N4O2S/c21-14-5-11(34-10-20(26,27)28)1-2-16(14)35(33)12-3-4-32(6-12)17-13-7-31(9-19(23,24)25)8-15(13)29-18(22)30-17/h1-2,5,12H,3-4,6-10H2/t12-,35?/m0/s1. The Hall–Kier alpha value is -1.83. The summed E-state index contributed by atoms with van der Waals surface area (Å²) in [6.07, 6.45) is -8.39. The molecule has 1 saturated heterocycles. The van der Waals surface area contributed by atoms with Gasteiger partial charge in [0.1, 0.15) is 11.6 Å². The summed E-state index contributed by atoms with van der Waals surface area (Å²) in [5.41, 5.74) is 0.973. The molecule has 6 nitrogen and oxygen atoms in total. The van der Waals surface area contributed by atoms with Crippen LogP contribution < -0.4 is 9.64 Å². The summed E-state index contributed by atoms with van der Waals surface area (Å²) in [7, 11) is -1.61. The number of hydrogen-bond acceptors (Lipinski definition) is 6. The molecule has 1 fully saturated rings. The van der Waals surface area contributed by atoms with Crippen LogP contribution in [-0.2, 0) is 23.9 Å². The van der Waals surface area contributed by atoms with E-state index in [2.05, 4.69) is 14.7 Å². The van der Waals surface area contributed by atoms with Crippen LogP contribution in [0.25, 0.3) is 0 Å². The topological polar surface area (TPSA) is 58.6 Å². The van der Waals surface area contributed by atoms with E-state index in [1.54, 1.807) is 4.90 Å². The van der Waals surface area contributed by atoms with Crippen molar-refractivity contribution in [2.24, 2.45) is 0 Å². The van der Waals surface area contributed by atoms with E-state index >= 15 is 0 Å². The maximum Gasteiger partial charge on any atom is 0.422 e. The third-order valence-electron chi connectivity index (χ3n) is 5.47. The van der Waals surface area contributed by atoms with Gasteiger partial charge < -0.3 is 9.64 Å². The molecule has 0 spiro atoms. The van der Waals surface area contributed by atoms with Crippen LogP contribution in [0.4, 0.5) is 32.2 Å². The zero-order chi connectivity index (χ0) is 25.5. The lowest BCUT2D eigenvalue weighted by atomic mass is 10.2. The van der Waals surface area contributed by atoms with Gasteiger partial charge in [0.25, 0.3) is 0 Å². The Morgan fingerprint density at radius 2 is 1.83 bits per heavy atom. The average Bonchev–Trinajstić information content (AvgIpc) is 3.36. The molecule has 2 aromatic rings. The lowest BCUT2D eigenvalue weighted by Gasteiger charge is -2.21. The molecular weight excluding hydrogens is 545 g/mol. The molecule has 0 N–H and O–H groups in total. The Morgan fingerprint density at radius 3 is 2.49 bits per heavy atom. The maximum atomic E-state index is 13.2. The highest BCUT2D eigenvalue weighted by molar-refractivity contribution is 7.85. The molecule has 2 atom stereocenters. The zero-order valence-electron chi connectivity index (χ0n) is 17.8. The number of ether oxygens (including phenoxy) is 1. The summed E-state index contributed by atoms with van der Waals surface area (Å²) in [4.78, 5) is 11.6. The molecule has 192 valence electrons. The molecule has 1 aromatic carbocycles. The van der Waals surface area contributed by atoms with Gasteiger partial charge in [0.15, 0.2) is 6.61 Å². The van der Waals surface area contributed by atoms with Crippen molar-refractivity contribution in [3.05, 3.63) is 39.8 Å². The van der Waals surface area contributed by atoms with Crippen LogP contribution in [0.2, 0.25) is 10.3 Å². The molecule has 1 unspecified atom stereocenters. The fraction of sp³-hybridized carbons (Fsp3) is 0.500. The molecule has 35 heavy (non-hydrogen) atoms. The van der Waals surface area contributed by atoms with Crippen molar-refractivity contribution in [3.63, 3.8) is 0 Å². The van der Waals surface area contributed by atoms with E-state index < -0.39 is 41.6 Å². The van der Waals surface area contributed by atoms with Crippen LogP contribution in [0.5, 0.6) is 5.75 Å². The van der Waals surface area contributed by atoms with Gasteiger partial charge in [-0.25, -0.2) is 9.97 Å². The van der Waals surface area contributed by atoms with Crippen LogP contribution in [-0.4, -0.2) is 62.9 Å². The Morgan fingerprint density at radius 1 is 1.09 bits per heavy atom. The molecule has 0 bridgehead atoms. The second kappa shape index (κ2) is 9.91. The largest absolute Gasteiger partial charge is 0.484 e. The van der Waals surface area contributed by atoms with Crippen LogP contribution in [0.3, 0.4) is 0 Å². The number of nitrogens with zero attached hydrogens (tertiary/aromatic N) is 4. The van der Waals surface area contributed by atoms with Gasteiger partial charge in [-0.3, -0.25) is 9.11 Å². The first-order valence-electron chi connectivity index (χ1n) is 10.3. The first-order valence-corrected chi connectivity index (χ1v) is 12.2. The Kier molecular flexibility index (Phi) is 7.43. The van der Waals surface area contributed by atoms with E-state index in [1.807, 2.05) is 0 Å². The minimum Gasteiger partial charge on any atom is -0.484 e. The van der Waals surface area contributed by atoms with Crippen LogP contribution in [0, 0.1) is 0 Å². The van der Waals surface area contributed by atoms with Crippen molar-refractivity contribution < 1.29 is 35.3 Å². The van der Waals surface area contributed by atoms with Crippen molar-refractivity contribution in [3.8, 4) is 5.75 Å². The Labute approximate surface area is 208 Å². The lowest BCUT2D eigenvalue weighted by molar-refractivity contribution is -0.153. The Bertz CT molecular complexity index is 1130. The second-order valence-corrected chi connectivity index (χ2v) is 10.6. The summed E-state index contributed by atoms with van der Waals surface area (Å²) in [5.74, 6) is 0.307. The molecule has 1 aromatic heterocycles. The van der Waals surface area contributed by atoms with Gasteiger partial charge >= 0.3 is 12.4 Å². The molecule has 15 heteroatoms. The van der Waals surface area contributed by atoms with Gasteiger partial charge in [-0.1, -0.05) is 11.6 Å².